The van der Waals surface area contributed by atoms with Crippen LogP contribution in [0.4, 0.5) is 14.9 Å². The van der Waals surface area contributed by atoms with Gasteiger partial charge in [-0.3, -0.25) is 9.69 Å². The van der Waals surface area contributed by atoms with Gasteiger partial charge in [0.15, 0.2) is 0 Å². The van der Waals surface area contributed by atoms with E-state index >= 15 is 0 Å². The minimum absolute atomic E-state index is 0.0729. The van der Waals surface area contributed by atoms with Gasteiger partial charge in [-0.25, -0.2) is 9.18 Å². The van der Waals surface area contributed by atoms with Gasteiger partial charge in [-0.15, -0.1) is 0 Å². The molecule has 3 amide bonds. The number of halogens is 1. The van der Waals surface area contributed by atoms with E-state index < -0.39 is 6.03 Å². The summed E-state index contributed by atoms with van der Waals surface area (Å²) in [6.07, 6.45) is 1.05. The molecule has 0 unspecified atom stereocenters. The highest BCUT2D eigenvalue weighted by Gasteiger charge is 2.33. The average Bonchev–Trinajstić information content (AvgIpc) is 2.58. The molecular weight excluding hydrogens is 337 g/mol. The number of hydrogen-bond acceptors (Lipinski definition) is 4. The molecule has 3 rings (SSSR count). The van der Waals surface area contributed by atoms with Gasteiger partial charge in [0.2, 0.25) is 5.91 Å². The number of morpholine rings is 1. The Kier molecular flexibility index (Phi) is 5.76. The molecule has 6 nitrogen and oxygen atoms in total. The maximum atomic E-state index is 13.8. The van der Waals surface area contributed by atoms with Crippen LogP contribution in [-0.2, 0) is 16.1 Å². The lowest BCUT2D eigenvalue weighted by Crippen LogP contribution is -2.54. The second kappa shape index (κ2) is 8.03. The first kappa shape index (κ1) is 18.6. The van der Waals surface area contributed by atoms with Crippen LogP contribution in [0.25, 0.3) is 0 Å². The number of carbonyl (C=O) groups is 2. The van der Waals surface area contributed by atoms with E-state index in [1.54, 1.807) is 6.07 Å². The van der Waals surface area contributed by atoms with E-state index in [0.717, 1.165) is 12.1 Å². The maximum Gasteiger partial charge on any atom is 0.324 e. The van der Waals surface area contributed by atoms with Gasteiger partial charge in [-0.1, -0.05) is 13.8 Å². The first-order valence-corrected chi connectivity index (χ1v) is 9.16. The number of nitrogens with one attached hydrogen (secondary N) is 1. The third kappa shape index (κ3) is 4.33. The topological polar surface area (TPSA) is 61.9 Å². The summed E-state index contributed by atoms with van der Waals surface area (Å²) in [7, 11) is 0. The van der Waals surface area contributed by atoms with Crippen molar-refractivity contribution in [3.05, 3.63) is 29.6 Å². The molecule has 0 bridgehead atoms. The van der Waals surface area contributed by atoms with Crippen molar-refractivity contribution in [2.24, 2.45) is 5.92 Å². The molecule has 7 heteroatoms. The van der Waals surface area contributed by atoms with Crippen LogP contribution in [0.1, 0.15) is 32.3 Å². The molecule has 0 saturated carbocycles. The normalized spacial score (nSPS) is 21.3. The largest absolute Gasteiger partial charge is 0.378 e. The minimum Gasteiger partial charge on any atom is -0.378 e. The number of ether oxygens (including phenoxy) is 1. The van der Waals surface area contributed by atoms with E-state index in [9.17, 15) is 14.0 Å². The first-order valence-electron chi connectivity index (χ1n) is 9.16. The fourth-order valence-electron chi connectivity index (χ4n) is 3.57. The molecular formula is C19H26FN3O3. The van der Waals surface area contributed by atoms with Crippen LogP contribution in [0, 0.1) is 11.7 Å². The highest BCUT2D eigenvalue weighted by atomic mass is 19.1. The van der Waals surface area contributed by atoms with Crippen molar-refractivity contribution in [2.75, 3.05) is 31.2 Å². The molecule has 0 spiro atoms. The van der Waals surface area contributed by atoms with Gasteiger partial charge in [-0.05, 0) is 36.1 Å². The zero-order valence-corrected chi connectivity index (χ0v) is 15.3. The van der Waals surface area contributed by atoms with Gasteiger partial charge >= 0.3 is 6.03 Å². The molecule has 1 aromatic carbocycles. The Labute approximate surface area is 153 Å². The smallest absolute Gasteiger partial charge is 0.324 e. The molecule has 142 valence electrons. The van der Waals surface area contributed by atoms with E-state index in [-0.39, 0.29) is 30.7 Å². The fraction of sp³-hybridized carbons (Fsp3) is 0.579. The Balaban J connectivity index is 1.77. The molecule has 2 fully saturated rings. The lowest BCUT2D eigenvalue weighted by molar-refractivity contribution is -0.130. The monoisotopic (exact) mass is 363 g/mol. The lowest BCUT2D eigenvalue weighted by Gasteiger charge is -2.34. The minimum atomic E-state index is -0.399. The molecule has 1 N–H and O–H groups in total. The number of hydrogen-bond donors (Lipinski definition) is 1. The van der Waals surface area contributed by atoms with Crippen molar-refractivity contribution in [1.29, 1.82) is 0 Å². The molecule has 2 saturated heterocycles. The van der Waals surface area contributed by atoms with Crippen molar-refractivity contribution in [3.8, 4) is 0 Å². The summed E-state index contributed by atoms with van der Waals surface area (Å²) in [6, 6.07) is 4.00. The van der Waals surface area contributed by atoms with E-state index in [1.165, 1.54) is 17.0 Å². The molecule has 0 radical (unpaired) electrons. The van der Waals surface area contributed by atoms with Gasteiger partial charge in [0, 0.05) is 31.2 Å². The summed E-state index contributed by atoms with van der Waals surface area (Å²) in [4.78, 5) is 28.2. The van der Waals surface area contributed by atoms with Gasteiger partial charge in [0.1, 0.15) is 5.82 Å². The van der Waals surface area contributed by atoms with Crippen molar-refractivity contribution < 1.29 is 18.7 Å². The number of urea groups is 1. The Bertz CT molecular complexity index is 656. The van der Waals surface area contributed by atoms with Gasteiger partial charge in [0.25, 0.3) is 0 Å². The van der Waals surface area contributed by atoms with E-state index in [4.69, 9.17) is 4.74 Å². The molecule has 0 aromatic heterocycles. The standard InChI is InChI=1S/C19H26FN3O3/c1-13(2)9-16-11-18(24)23(19(25)21-16)12-14-10-15(20)3-4-17(14)22-5-7-26-8-6-22/h3-4,10,13,16H,5-9,11-12H2,1-2H3,(H,21,25)/t16-/m0/s1. The SMILES string of the molecule is CC(C)C[C@H]1CC(=O)N(Cc2cc(F)ccc2N2CCOCC2)C(=O)N1. The van der Waals surface area contributed by atoms with Crippen LogP contribution in [0.15, 0.2) is 18.2 Å². The molecule has 0 aliphatic carbocycles. The van der Waals surface area contributed by atoms with E-state index in [0.29, 0.717) is 37.8 Å². The van der Waals surface area contributed by atoms with E-state index in [2.05, 4.69) is 24.1 Å². The molecule has 1 aromatic rings. The van der Waals surface area contributed by atoms with E-state index in [1.807, 2.05) is 0 Å². The van der Waals surface area contributed by atoms with Crippen molar-refractivity contribution >= 4 is 17.6 Å². The molecule has 26 heavy (non-hydrogen) atoms. The van der Waals surface area contributed by atoms with Crippen LogP contribution >= 0.6 is 0 Å². The molecule has 2 aliphatic heterocycles. The quantitative estimate of drug-likeness (QED) is 0.873. The number of nitrogens with zero attached hydrogens (tertiary/aromatic N) is 2. The Morgan fingerprint density at radius 1 is 1.27 bits per heavy atom. The van der Waals surface area contributed by atoms with Crippen molar-refractivity contribution in [2.45, 2.75) is 39.3 Å². The second-order valence-electron chi connectivity index (χ2n) is 7.33. The highest BCUT2D eigenvalue weighted by Crippen LogP contribution is 2.26. The number of carbonyl (C=O) groups excluding carboxylic acids is 2. The van der Waals surface area contributed by atoms with Gasteiger partial charge < -0.3 is 15.0 Å². The first-order chi connectivity index (χ1) is 12.4. The number of imide groups is 1. The van der Waals surface area contributed by atoms with Crippen LogP contribution in [0.5, 0.6) is 0 Å². The summed E-state index contributed by atoms with van der Waals surface area (Å²) in [5.41, 5.74) is 1.48. The highest BCUT2D eigenvalue weighted by molar-refractivity contribution is 5.97. The summed E-state index contributed by atoms with van der Waals surface area (Å²) in [5.74, 6) is -0.188. The Morgan fingerprint density at radius 3 is 2.65 bits per heavy atom. The Hall–Kier alpha value is -2.15. The van der Waals surface area contributed by atoms with Gasteiger partial charge in [0.05, 0.1) is 19.8 Å². The predicted octanol–water partition coefficient (Wildman–Crippen LogP) is 2.52. The number of amides is 3. The summed E-state index contributed by atoms with van der Waals surface area (Å²) in [6.45, 7) is 6.82. The Morgan fingerprint density at radius 2 is 2.00 bits per heavy atom. The third-order valence-electron chi connectivity index (χ3n) is 4.77. The van der Waals surface area contributed by atoms with Crippen molar-refractivity contribution in [3.63, 3.8) is 0 Å². The zero-order valence-electron chi connectivity index (χ0n) is 15.3. The fourth-order valence-corrected chi connectivity index (χ4v) is 3.57. The lowest BCUT2D eigenvalue weighted by atomic mass is 9.99. The van der Waals surface area contributed by atoms with Gasteiger partial charge in [-0.2, -0.15) is 0 Å². The van der Waals surface area contributed by atoms with Crippen molar-refractivity contribution in [1.82, 2.24) is 10.2 Å². The van der Waals surface area contributed by atoms with Crippen LogP contribution in [0.3, 0.4) is 0 Å². The third-order valence-corrected chi connectivity index (χ3v) is 4.77. The number of benzene rings is 1. The molecule has 1 atom stereocenters. The second-order valence-corrected chi connectivity index (χ2v) is 7.33. The summed E-state index contributed by atoms with van der Waals surface area (Å²) in [5, 5.41) is 2.90. The number of rotatable bonds is 5. The predicted molar refractivity (Wildman–Crippen MR) is 96.4 cm³/mol. The number of anilines is 1. The molecule has 2 aliphatic rings. The summed E-state index contributed by atoms with van der Waals surface area (Å²) >= 11 is 0. The zero-order chi connectivity index (χ0) is 18.7. The maximum absolute atomic E-state index is 13.8. The van der Waals surface area contributed by atoms with Crippen LogP contribution < -0.4 is 10.2 Å². The van der Waals surface area contributed by atoms with Crippen LogP contribution in [0.2, 0.25) is 0 Å². The van der Waals surface area contributed by atoms with Crippen LogP contribution in [-0.4, -0.2) is 49.2 Å². The summed E-state index contributed by atoms with van der Waals surface area (Å²) < 4.78 is 19.2. The molecule has 2 heterocycles. The average molecular weight is 363 g/mol.